The molecule has 4 rings (SSSR count). The van der Waals surface area contributed by atoms with Crippen LogP contribution in [0.25, 0.3) is 11.1 Å². The Kier molecular flexibility index (Phi) is 6.86. The fourth-order valence-electron chi connectivity index (χ4n) is 3.31. The Balaban J connectivity index is 1.82. The standard InChI is InChI=1S/C23H18Br2N4OS/c24-16-17-10-12-18(13-11-17)19-6-1-2-7-20(19)23-27-29(22-9-4-3-8-21(22)25)31(30)28(23)15-5-14-26/h1-4,6-13H,5,15-16H2. The molecule has 0 spiro atoms. The van der Waals surface area contributed by atoms with Crippen molar-refractivity contribution >= 4 is 54.6 Å². The zero-order chi connectivity index (χ0) is 21.8. The van der Waals surface area contributed by atoms with Crippen LogP contribution in [-0.4, -0.2) is 20.9 Å². The molecule has 3 aromatic carbocycles. The average Bonchev–Trinajstić information content (AvgIpc) is 3.13. The number of hydrogen-bond acceptors (Lipinski definition) is 3. The van der Waals surface area contributed by atoms with E-state index in [9.17, 15) is 4.21 Å². The van der Waals surface area contributed by atoms with Crippen LogP contribution in [0.1, 0.15) is 17.5 Å². The Morgan fingerprint density at radius 3 is 2.32 bits per heavy atom. The third-order valence-corrected chi connectivity index (χ3v) is 7.46. The maximum atomic E-state index is 13.4. The normalized spacial score (nSPS) is 15.6. The number of hydrazone groups is 1. The predicted molar refractivity (Wildman–Crippen MR) is 133 cm³/mol. The van der Waals surface area contributed by atoms with Crippen molar-refractivity contribution in [2.75, 3.05) is 11.0 Å². The molecule has 156 valence electrons. The van der Waals surface area contributed by atoms with Gasteiger partial charge in [0.1, 0.15) is 0 Å². The fraction of sp³-hybridized carbons (Fsp3) is 0.130. The van der Waals surface area contributed by atoms with Gasteiger partial charge in [0.2, 0.25) is 11.2 Å². The summed E-state index contributed by atoms with van der Waals surface area (Å²) in [5, 5.41) is 14.7. The second-order valence-corrected chi connectivity index (χ2v) is 9.43. The van der Waals surface area contributed by atoms with Crippen LogP contribution in [0.3, 0.4) is 0 Å². The topological polar surface area (TPSA) is 59.7 Å². The number of amidine groups is 1. The van der Waals surface area contributed by atoms with Gasteiger partial charge in [0.15, 0.2) is 5.84 Å². The molecule has 1 atom stereocenters. The van der Waals surface area contributed by atoms with E-state index >= 15 is 0 Å². The van der Waals surface area contributed by atoms with Gasteiger partial charge in [-0.3, -0.25) is 4.31 Å². The van der Waals surface area contributed by atoms with Crippen LogP contribution in [0.4, 0.5) is 5.69 Å². The van der Waals surface area contributed by atoms with Gasteiger partial charge in [-0.1, -0.05) is 76.6 Å². The molecule has 0 N–H and O–H groups in total. The maximum Gasteiger partial charge on any atom is 0.248 e. The summed E-state index contributed by atoms with van der Waals surface area (Å²) in [6.45, 7) is 0.319. The zero-order valence-electron chi connectivity index (χ0n) is 16.4. The van der Waals surface area contributed by atoms with E-state index in [1.54, 1.807) is 4.31 Å². The summed E-state index contributed by atoms with van der Waals surface area (Å²) in [5.41, 5.74) is 4.81. The third kappa shape index (κ3) is 4.45. The van der Waals surface area contributed by atoms with E-state index in [-0.39, 0.29) is 6.42 Å². The van der Waals surface area contributed by atoms with Gasteiger partial charge in [-0.15, -0.1) is 5.10 Å². The maximum absolute atomic E-state index is 13.4. The number of anilines is 1. The van der Waals surface area contributed by atoms with Crippen molar-refractivity contribution in [1.82, 2.24) is 4.31 Å². The summed E-state index contributed by atoms with van der Waals surface area (Å²) in [4.78, 5) is 0. The van der Waals surface area contributed by atoms with Crippen LogP contribution in [-0.2, 0) is 16.5 Å². The van der Waals surface area contributed by atoms with E-state index in [4.69, 9.17) is 10.4 Å². The zero-order valence-corrected chi connectivity index (χ0v) is 20.4. The van der Waals surface area contributed by atoms with Crippen molar-refractivity contribution in [3.05, 3.63) is 88.4 Å². The lowest BCUT2D eigenvalue weighted by atomic mass is 9.98. The van der Waals surface area contributed by atoms with E-state index in [1.807, 2.05) is 48.5 Å². The van der Waals surface area contributed by atoms with Crippen molar-refractivity contribution in [3.8, 4) is 17.2 Å². The van der Waals surface area contributed by atoms with Crippen molar-refractivity contribution in [2.45, 2.75) is 11.8 Å². The number of alkyl halides is 1. The molecule has 1 heterocycles. The molecule has 0 aromatic heterocycles. The lowest BCUT2D eigenvalue weighted by Crippen LogP contribution is -2.33. The Morgan fingerprint density at radius 2 is 1.65 bits per heavy atom. The van der Waals surface area contributed by atoms with Gasteiger partial charge in [0.25, 0.3) is 0 Å². The first-order valence-corrected chi connectivity index (χ1v) is 12.6. The summed E-state index contributed by atoms with van der Waals surface area (Å²) >= 11 is 5.43. The van der Waals surface area contributed by atoms with E-state index < -0.39 is 11.2 Å². The molecule has 1 aliphatic heterocycles. The van der Waals surface area contributed by atoms with E-state index in [0.29, 0.717) is 18.1 Å². The minimum absolute atomic E-state index is 0.247. The molecule has 31 heavy (non-hydrogen) atoms. The summed E-state index contributed by atoms with van der Waals surface area (Å²) in [7, 11) is 0. The number of hydrogen-bond donors (Lipinski definition) is 0. The molecule has 1 aliphatic rings. The van der Waals surface area contributed by atoms with Gasteiger partial charge >= 0.3 is 0 Å². The smallest absolute Gasteiger partial charge is 0.248 e. The molecule has 0 fully saturated rings. The average molecular weight is 558 g/mol. The fourth-order valence-corrected chi connectivity index (χ4v) is 5.45. The minimum atomic E-state index is -1.59. The minimum Gasteiger partial charge on any atom is -0.253 e. The number of nitriles is 1. The number of benzene rings is 3. The summed E-state index contributed by atoms with van der Waals surface area (Å²) in [6.07, 6.45) is 0.247. The Hall–Kier alpha value is -2.47. The number of nitrogens with zero attached hydrogens (tertiary/aromatic N) is 4. The SMILES string of the molecule is N#CCCN1C(c2ccccc2-c2ccc(CBr)cc2)=NN(c2ccccc2Br)S1=O. The molecule has 0 amide bonds. The van der Waals surface area contributed by atoms with Crippen molar-refractivity contribution in [1.29, 1.82) is 5.26 Å². The molecular weight excluding hydrogens is 540 g/mol. The first-order chi connectivity index (χ1) is 15.1. The predicted octanol–water partition coefficient (Wildman–Crippen LogP) is 5.99. The molecule has 0 aliphatic carbocycles. The van der Waals surface area contributed by atoms with Crippen molar-refractivity contribution in [3.63, 3.8) is 0 Å². The quantitative estimate of drug-likeness (QED) is 0.350. The van der Waals surface area contributed by atoms with Crippen LogP contribution < -0.4 is 4.41 Å². The van der Waals surface area contributed by atoms with E-state index in [1.165, 1.54) is 9.98 Å². The molecule has 5 nitrogen and oxygen atoms in total. The molecule has 3 aromatic rings. The van der Waals surface area contributed by atoms with E-state index in [2.05, 4.69) is 62.2 Å². The molecule has 0 bridgehead atoms. The van der Waals surface area contributed by atoms with Crippen LogP contribution in [0, 0.1) is 11.3 Å². The first kappa shape index (κ1) is 21.8. The highest BCUT2D eigenvalue weighted by Gasteiger charge is 2.34. The van der Waals surface area contributed by atoms with Crippen molar-refractivity contribution in [2.24, 2.45) is 5.10 Å². The molecule has 8 heteroatoms. The Labute approximate surface area is 201 Å². The highest BCUT2D eigenvalue weighted by atomic mass is 79.9. The van der Waals surface area contributed by atoms with Crippen LogP contribution in [0.5, 0.6) is 0 Å². The second kappa shape index (κ2) is 9.77. The lowest BCUT2D eigenvalue weighted by Gasteiger charge is -2.20. The van der Waals surface area contributed by atoms with Gasteiger partial charge in [-0.2, -0.15) is 9.68 Å². The highest BCUT2D eigenvalue weighted by Crippen LogP contribution is 2.34. The second-order valence-electron chi connectivity index (χ2n) is 6.77. The highest BCUT2D eigenvalue weighted by molar-refractivity contribution is 9.10. The lowest BCUT2D eigenvalue weighted by molar-refractivity contribution is 0.611. The van der Waals surface area contributed by atoms with Gasteiger partial charge in [0.05, 0.1) is 18.2 Å². The van der Waals surface area contributed by atoms with Crippen LogP contribution in [0.15, 0.2) is 82.4 Å². The third-order valence-electron chi connectivity index (χ3n) is 4.83. The van der Waals surface area contributed by atoms with Gasteiger partial charge in [-0.25, -0.2) is 4.21 Å². The van der Waals surface area contributed by atoms with Crippen molar-refractivity contribution < 1.29 is 4.21 Å². The first-order valence-electron chi connectivity index (χ1n) is 9.58. The molecule has 0 saturated carbocycles. The molecule has 0 saturated heterocycles. The monoisotopic (exact) mass is 556 g/mol. The van der Waals surface area contributed by atoms with Gasteiger partial charge in [0, 0.05) is 21.9 Å². The molecule has 1 unspecified atom stereocenters. The summed E-state index contributed by atoms with van der Waals surface area (Å²) < 4.78 is 17.4. The van der Waals surface area contributed by atoms with Crippen LogP contribution >= 0.6 is 31.9 Å². The number of para-hydroxylation sites is 1. The van der Waals surface area contributed by atoms with Gasteiger partial charge < -0.3 is 0 Å². The summed E-state index contributed by atoms with van der Waals surface area (Å²) in [6, 6.07) is 25.9. The number of rotatable bonds is 6. The van der Waals surface area contributed by atoms with Crippen LogP contribution in [0.2, 0.25) is 0 Å². The largest absolute Gasteiger partial charge is 0.253 e. The Bertz CT molecular complexity index is 1190. The van der Waals surface area contributed by atoms with Gasteiger partial charge in [-0.05, 0) is 44.8 Å². The molecule has 0 radical (unpaired) electrons. The Morgan fingerprint density at radius 1 is 0.968 bits per heavy atom. The van der Waals surface area contributed by atoms with E-state index in [0.717, 1.165) is 26.5 Å². The molecular formula is C23H18Br2N4OS. The number of halogens is 2. The summed E-state index contributed by atoms with van der Waals surface area (Å²) in [5.74, 6) is 0.588.